The first-order valence-electron chi connectivity index (χ1n) is 9.98. The van der Waals surface area contributed by atoms with Gasteiger partial charge in [0.25, 0.3) is 21.8 Å². The summed E-state index contributed by atoms with van der Waals surface area (Å²) in [6.07, 6.45) is 0.445. The van der Waals surface area contributed by atoms with E-state index >= 15 is 0 Å². The van der Waals surface area contributed by atoms with Crippen LogP contribution in [0.25, 0.3) is 0 Å². The molecule has 0 unspecified atom stereocenters. The first-order valence-corrected chi connectivity index (χ1v) is 11.5. The second kappa shape index (κ2) is 10.6. The van der Waals surface area contributed by atoms with Crippen LogP contribution in [0.4, 0.5) is 10.1 Å². The lowest BCUT2D eigenvalue weighted by molar-refractivity contribution is 0.0951. The van der Waals surface area contributed by atoms with Crippen molar-refractivity contribution in [2.24, 2.45) is 0 Å². The molecule has 4 N–H and O–H groups in total. The molecule has 0 aliphatic carbocycles. The molecule has 3 rings (SSSR count). The molecule has 8 nitrogen and oxygen atoms in total. The maximum absolute atomic E-state index is 13.0. The minimum absolute atomic E-state index is 0.00739. The summed E-state index contributed by atoms with van der Waals surface area (Å²) in [5.74, 6) is -1.31. The number of carbonyl (C=O) groups excluding carboxylic acids is 2. The molecule has 0 heterocycles. The van der Waals surface area contributed by atoms with Gasteiger partial charge in [0.2, 0.25) is 0 Å². The van der Waals surface area contributed by atoms with Crippen molar-refractivity contribution < 1.29 is 27.5 Å². The predicted molar refractivity (Wildman–Crippen MR) is 121 cm³/mol. The van der Waals surface area contributed by atoms with Gasteiger partial charge in [-0.15, -0.1) is 0 Å². The number of hydrogen-bond acceptors (Lipinski definition) is 5. The summed E-state index contributed by atoms with van der Waals surface area (Å²) >= 11 is 0. The molecule has 10 heteroatoms. The number of hydrogen-bond donors (Lipinski definition) is 4. The number of aromatic hydroxyl groups is 1. The Balaban J connectivity index is 1.51. The van der Waals surface area contributed by atoms with E-state index in [0.717, 1.165) is 12.1 Å². The van der Waals surface area contributed by atoms with E-state index in [1.807, 2.05) is 0 Å². The van der Waals surface area contributed by atoms with Gasteiger partial charge in [0, 0.05) is 29.9 Å². The van der Waals surface area contributed by atoms with Gasteiger partial charge in [-0.25, -0.2) is 12.8 Å². The molecule has 0 saturated heterocycles. The van der Waals surface area contributed by atoms with Crippen LogP contribution >= 0.6 is 0 Å². The molecule has 2 amide bonds. The number of halogens is 1. The summed E-state index contributed by atoms with van der Waals surface area (Å²) in [7, 11) is -3.97. The highest BCUT2D eigenvalue weighted by atomic mass is 32.2. The fourth-order valence-corrected chi connectivity index (χ4v) is 3.98. The Bertz CT molecular complexity index is 1250. The molecule has 0 aliphatic rings. The van der Waals surface area contributed by atoms with Gasteiger partial charge in [0.1, 0.15) is 11.6 Å². The van der Waals surface area contributed by atoms with Crippen LogP contribution in [-0.2, 0) is 10.0 Å². The van der Waals surface area contributed by atoms with E-state index in [-0.39, 0.29) is 34.3 Å². The molecule has 0 aliphatic heterocycles. The standard InChI is InChI=1S/C23H22FN3O5S/c24-18-8-10-19(11-9-18)27-33(31,32)21-7-2-5-17(15-21)23(30)26-13-3-12-25-22(29)16-4-1-6-20(28)14-16/h1-2,4-11,14-15,27-28H,3,12-13H2,(H,25,29)(H,26,30). The molecular formula is C23H22FN3O5S. The van der Waals surface area contributed by atoms with Crippen molar-refractivity contribution in [3.63, 3.8) is 0 Å². The summed E-state index contributed by atoms with van der Waals surface area (Å²) in [6, 6.07) is 16.3. The molecule has 0 atom stereocenters. The van der Waals surface area contributed by atoms with E-state index in [1.54, 1.807) is 12.1 Å². The largest absolute Gasteiger partial charge is 0.508 e. The molecule has 0 fully saturated rings. The van der Waals surface area contributed by atoms with Gasteiger partial charge in [0.15, 0.2) is 0 Å². The molecule has 3 aromatic carbocycles. The number of phenolic OH excluding ortho intramolecular Hbond substituents is 1. The van der Waals surface area contributed by atoms with Crippen molar-refractivity contribution in [2.75, 3.05) is 17.8 Å². The Hall–Kier alpha value is -3.92. The highest BCUT2D eigenvalue weighted by molar-refractivity contribution is 7.92. The molecule has 33 heavy (non-hydrogen) atoms. The number of amides is 2. The van der Waals surface area contributed by atoms with Gasteiger partial charge in [-0.1, -0.05) is 12.1 Å². The Morgan fingerprint density at radius 2 is 1.39 bits per heavy atom. The van der Waals surface area contributed by atoms with Crippen molar-refractivity contribution in [3.8, 4) is 5.75 Å². The Labute approximate surface area is 190 Å². The molecule has 0 radical (unpaired) electrons. The molecule has 3 aromatic rings. The second-order valence-corrected chi connectivity index (χ2v) is 8.74. The normalized spacial score (nSPS) is 10.9. The monoisotopic (exact) mass is 471 g/mol. The third-order valence-corrected chi connectivity index (χ3v) is 5.91. The Kier molecular flexibility index (Phi) is 7.62. The number of sulfonamides is 1. The zero-order chi connectivity index (χ0) is 23.8. The molecule has 0 spiro atoms. The van der Waals surface area contributed by atoms with Gasteiger partial charge < -0.3 is 15.7 Å². The van der Waals surface area contributed by atoms with Crippen LogP contribution in [0, 0.1) is 5.82 Å². The molecular weight excluding hydrogens is 449 g/mol. The fourth-order valence-electron chi connectivity index (χ4n) is 2.88. The van der Waals surface area contributed by atoms with Gasteiger partial charge >= 0.3 is 0 Å². The molecule has 0 aromatic heterocycles. The second-order valence-electron chi connectivity index (χ2n) is 7.06. The van der Waals surface area contributed by atoms with Gasteiger partial charge in [0.05, 0.1) is 4.90 Å². The van der Waals surface area contributed by atoms with Gasteiger partial charge in [-0.2, -0.15) is 0 Å². The summed E-state index contributed by atoms with van der Waals surface area (Å²) in [5, 5.41) is 14.8. The minimum atomic E-state index is -3.97. The topological polar surface area (TPSA) is 125 Å². The maximum atomic E-state index is 13.0. The van der Waals surface area contributed by atoms with Crippen LogP contribution in [0.5, 0.6) is 5.75 Å². The van der Waals surface area contributed by atoms with Crippen LogP contribution in [-0.4, -0.2) is 38.4 Å². The SMILES string of the molecule is O=C(NCCCNC(=O)c1cccc(S(=O)(=O)Nc2ccc(F)cc2)c1)c1cccc(O)c1. The lowest BCUT2D eigenvalue weighted by atomic mass is 10.2. The quantitative estimate of drug-likeness (QED) is 0.357. The number of carbonyl (C=O) groups is 2. The van der Waals surface area contributed by atoms with Crippen molar-refractivity contribution in [2.45, 2.75) is 11.3 Å². The zero-order valence-corrected chi connectivity index (χ0v) is 18.2. The van der Waals surface area contributed by atoms with Gasteiger partial charge in [-0.3, -0.25) is 14.3 Å². The third kappa shape index (κ3) is 6.78. The number of phenols is 1. The zero-order valence-electron chi connectivity index (χ0n) is 17.4. The van der Waals surface area contributed by atoms with E-state index in [2.05, 4.69) is 15.4 Å². The number of rotatable bonds is 9. The van der Waals surface area contributed by atoms with E-state index in [9.17, 15) is 27.5 Å². The van der Waals surface area contributed by atoms with Crippen LogP contribution < -0.4 is 15.4 Å². The smallest absolute Gasteiger partial charge is 0.261 e. The first kappa shape index (κ1) is 23.7. The van der Waals surface area contributed by atoms with E-state index in [1.165, 1.54) is 48.5 Å². The summed E-state index contributed by atoms with van der Waals surface area (Å²) in [4.78, 5) is 24.3. The highest BCUT2D eigenvalue weighted by Gasteiger charge is 2.16. The summed E-state index contributed by atoms with van der Waals surface area (Å²) < 4.78 is 40.5. The maximum Gasteiger partial charge on any atom is 0.261 e. The number of anilines is 1. The molecule has 172 valence electrons. The van der Waals surface area contributed by atoms with Crippen molar-refractivity contribution >= 4 is 27.5 Å². The predicted octanol–water partition coefficient (Wildman–Crippen LogP) is 2.88. The number of benzene rings is 3. The van der Waals surface area contributed by atoms with E-state index in [0.29, 0.717) is 18.5 Å². The molecule has 0 bridgehead atoms. The van der Waals surface area contributed by atoms with Crippen LogP contribution in [0.15, 0.2) is 77.7 Å². The average molecular weight is 472 g/mol. The average Bonchev–Trinajstić information content (AvgIpc) is 2.80. The lowest BCUT2D eigenvalue weighted by Gasteiger charge is -2.10. The Morgan fingerprint density at radius 3 is 2.00 bits per heavy atom. The van der Waals surface area contributed by atoms with Gasteiger partial charge in [-0.05, 0) is 67.1 Å². The molecule has 0 saturated carbocycles. The highest BCUT2D eigenvalue weighted by Crippen LogP contribution is 2.17. The van der Waals surface area contributed by atoms with E-state index < -0.39 is 21.7 Å². The third-order valence-electron chi connectivity index (χ3n) is 4.54. The van der Waals surface area contributed by atoms with Crippen LogP contribution in [0.2, 0.25) is 0 Å². The summed E-state index contributed by atoms with van der Waals surface area (Å²) in [5.41, 5.74) is 0.672. The van der Waals surface area contributed by atoms with Crippen molar-refractivity contribution in [1.29, 1.82) is 0 Å². The summed E-state index contributed by atoms with van der Waals surface area (Å²) in [6.45, 7) is 0.550. The number of nitrogens with one attached hydrogen (secondary N) is 3. The fraction of sp³-hybridized carbons (Fsp3) is 0.130. The first-order chi connectivity index (χ1) is 15.7. The minimum Gasteiger partial charge on any atom is -0.508 e. The van der Waals surface area contributed by atoms with E-state index in [4.69, 9.17) is 0 Å². The Morgan fingerprint density at radius 1 is 0.818 bits per heavy atom. The van der Waals surface area contributed by atoms with Crippen molar-refractivity contribution in [3.05, 3.63) is 89.7 Å². The van der Waals surface area contributed by atoms with Crippen LogP contribution in [0.3, 0.4) is 0 Å². The van der Waals surface area contributed by atoms with Crippen molar-refractivity contribution in [1.82, 2.24) is 10.6 Å². The lowest BCUT2D eigenvalue weighted by Crippen LogP contribution is -2.30. The van der Waals surface area contributed by atoms with Crippen LogP contribution in [0.1, 0.15) is 27.1 Å².